The minimum absolute atomic E-state index is 0.0241. The van der Waals surface area contributed by atoms with E-state index in [0.717, 1.165) is 0 Å². The second-order valence-electron chi connectivity index (χ2n) is 7.23. The van der Waals surface area contributed by atoms with Crippen molar-refractivity contribution >= 4 is 52.5 Å². The predicted molar refractivity (Wildman–Crippen MR) is 118 cm³/mol. The van der Waals surface area contributed by atoms with Crippen LogP contribution in [0.2, 0.25) is 10.0 Å². The topological polar surface area (TPSA) is 102 Å². The first-order chi connectivity index (χ1) is 16.5. The summed E-state index contributed by atoms with van der Waals surface area (Å²) >= 11 is 12.0. The predicted octanol–water partition coefficient (Wildman–Crippen LogP) is 4.98. The Morgan fingerprint density at radius 2 is 1.63 bits per heavy atom. The van der Waals surface area contributed by atoms with Gasteiger partial charge in [0.25, 0.3) is 5.91 Å². The summed E-state index contributed by atoms with van der Waals surface area (Å²) in [6, 6.07) is 9.20. The number of benzene rings is 2. The lowest BCUT2D eigenvalue weighted by Crippen LogP contribution is -2.24. The van der Waals surface area contributed by atoms with Gasteiger partial charge in [-0.25, -0.2) is 9.78 Å². The summed E-state index contributed by atoms with van der Waals surface area (Å²) in [5.74, 6) is -3.36. The second kappa shape index (κ2) is 9.12. The summed E-state index contributed by atoms with van der Waals surface area (Å²) in [6.07, 6.45) is -4.19. The van der Waals surface area contributed by atoms with Crippen molar-refractivity contribution in [3.63, 3.8) is 0 Å². The minimum Gasteiger partial charge on any atom is -0.452 e. The molecule has 2 aromatic carbocycles. The Kier molecular flexibility index (Phi) is 6.35. The number of ether oxygens (including phenoxy) is 1. The van der Waals surface area contributed by atoms with Gasteiger partial charge in [-0.3, -0.25) is 14.4 Å². The molecule has 35 heavy (non-hydrogen) atoms. The molecule has 1 aliphatic rings. The van der Waals surface area contributed by atoms with E-state index in [2.05, 4.69) is 10.3 Å². The Morgan fingerprint density at radius 1 is 0.971 bits per heavy atom. The molecule has 0 atom stereocenters. The first kappa shape index (κ1) is 24.4. The fourth-order valence-corrected chi connectivity index (χ4v) is 3.91. The molecule has 7 nitrogen and oxygen atoms in total. The molecule has 0 unspecified atom stereocenters. The number of halogens is 5. The standard InChI is InChI=1S/C23H11Cl2F3N2O5/c24-15-7-10(23(26,27)28)8-29-21(15)30-16(31)9-35-22(34)14-6-5-13-17(18(14)25)20(33)12-4-2-1-3-11(12)19(13)32/h1-8H,9H2,(H,29,30,31). The van der Waals surface area contributed by atoms with Crippen molar-refractivity contribution in [2.75, 3.05) is 11.9 Å². The highest BCUT2D eigenvalue weighted by molar-refractivity contribution is 6.41. The smallest absolute Gasteiger partial charge is 0.417 e. The fourth-order valence-electron chi connectivity index (χ4n) is 3.37. The molecule has 0 fully saturated rings. The summed E-state index contributed by atoms with van der Waals surface area (Å²) < 4.78 is 43.0. The number of rotatable bonds is 4. The van der Waals surface area contributed by atoms with E-state index < -0.39 is 46.8 Å². The van der Waals surface area contributed by atoms with Crippen LogP contribution >= 0.6 is 23.2 Å². The zero-order valence-corrected chi connectivity index (χ0v) is 18.7. The van der Waals surface area contributed by atoms with Gasteiger partial charge >= 0.3 is 12.1 Å². The highest BCUT2D eigenvalue weighted by Gasteiger charge is 2.34. The number of ketones is 2. The average Bonchev–Trinajstić information content (AvgIpc) is 2.81. The number of amides is 1. The fraction of sp³-hybridized carbons (Fsp3) is 0.0870. The number of pyridine rings is 1. The summed E-state index contributed by atoms with van der Waals surface area (Å²) in [7, 11) is 0. The number of carbonyl (C=O) groups is 4. The lowest BCUT2D eigenvalue weighted by atomic mass is 9.83. The number of anilines is 1. The quantitative estimate of drug-likeness (QED) is 0.379. The monoisotopic (exact) mass is 522 g/mol. The summed E-state index contributed by atoms with van der Waals surface area (Å²) in [5, 5.41) is 1.34. The van der Waals surface area contributed by atoms with Crippen molar-refractivity contribution in [2.24, 2.45) is 0 Å². The lowest BCUT2D eigenvalue weighted by Gasteiger charge is -2.19. The maximum atomic E-state index is 12.9. The maximum absolute atomic E-state index is 12.9. The van der Waals surface area contributed by atoms with E-state index in [9.17, 15) is 32.3 Å². The van der Waals surface area contributed by atoms with Crippen LogP contribution in [-0.4, -0.2) is 35.0 Å². The van der Waals surface area contributed by atoms with Crippen LogP contribution in [0.25, 0.3) is 0 Å². The maximum Gasteiger partial charge on any atom is 0.417 e. The van der Waals surface area contributed by atoms with Crippen LogP contribution in [0.5, 0.6) is 0 Å². The summed E-state index contributed by atoms with van der Waals surface area (Å²) in [6.45, 7) is -0.860. The number of alkyl halides is 3. The molecule has 1 amide bonds. The Hall–Kier alpha value is -3.76. The van der Waals surface area contributed by atoms with E-state index in [1.165, 1.54) is 24.3 Å². The molecule has 0 radical (unpaired) electrons. The molecule has 1 N–H and O–H groups in total. The van der Waals surface area contributed by atoms with E-state index in [-0.39, 0.29) is 38.7 Å². The number of hydrogen-bond donors (Lipinski definition) is 1. The van der Waals surface area contributed by atoms with E-state index >= 15 is 0 Å². The Labute approximate surface area is 204 Å². The molecule has 0 spiro atoms. The van der Waals surface area contributed by atoms with Crippen LogP contribution in [0.15, 0.2) is 48.7 Å². The van der Waals surface area contributed by atoms with Crippen LogP contribution in [0.4, 0.5) is 19.0 Å². The number of aromatic nitrogens is 1. The minimum atomic E-state index is -4.67. The van der Waals surface area contributed by atoms with E-state index in [1.54, 1.807) is 12.1 Å². The second-order valence-corrected chi connectivity index (χ2v) is 8.02. The summed E-state index contributed by atoms with van der Waals surface area (Å²) in [5.41, 5.74) is -1.15. The molecule has 0 aliphatic heterocycles. The van der Waals surface area contributed by atoms with Crippen molar-refractivity contribution in [2.45, 2.75) is 6.18 Å². The number of nitrogens with one attached hydrogen (secondary N) is 1. The van der Waals surface area contributed by atoms with E-state index in [1.807, 2.05) is 0 Å². The zero-order chi connectivity index (χ0) is 25.5. The lowest BCUT2D eigenvalue weighted by molar-refractivity contribution is -0.137. The Morgan fingerprint density at radius 3 is 2.26 bits per heavy atom. The highest BCUT2D eigenvalue weighted by Crippen LogP contribution is 2.34. The van der Waals surface area contributed by atoms with Crippen molar-refractivity contribution in [1.82, 2.24) is 4.98 Å². The molecule has 0 saturated heterocycles. The molecule has 0 saturated carbocycles. The van der Waals surface area contributed by atoms with Gasteiger partial charge in [0.1, 0.15) is 0 Å². The SMILES string of the molecule is O=C(COC(=O)c1ccc2c(c1Cl)C(=O)c1ccccc1C2=O)Nc1ncc(C(F)(F)F)cc1Cl. The third-order valence-electron chi connectivity index (χ3n) is 5.01. The Bertz CT molecular complexity index is 1420. The van der Waals surface area contributed by atoms with Gasteiger partial charge in [0.05, 0.1) is 26.7 Å². The van der Waals surface area contributed by atoms with E-state index in [4.69, 9.17) is 27.9 Å². The van der Waals surface area contributed by atoms with Crippen LogP contribution < -0.4 is 5.32 Å². The molecule has 0 bridgehead atoms. The molecule has 12 heteroatoms. The molecule has 178 valence electrons. The number of carbonyl (C=O) groups excluding carboxylic acids is 4. The van der Waals surface area contributed by atoms with Gasteiger partial charge in [0.2, 0.25) is 0 Å². The van der Waals surface area contributed by atoms with Crippen molar-refractivity contribution in [3.8, 4) is 0 Å². The van der Waals surface area contributed by atoms with Gasteiger partial charge < -0.3 is 10.1 Å². The van der Waals surface area contributed by atoms with Crippen molar-refractivity contribution in [3.05, 3.63) is 92.1 Å². The van der Waals surface area contributed by atoms with Gasteiger partial charge in [0, 0.05) is 22.9 Å². The van der Waals surface area contributed by atoms with Gasteiger partial charge in [-0.05, 0) is 18.2 Å². The number of esters is 1. The normalized spacial score (nSPS) is 12.6. The third kappa shape index (κ3) is 4.62. The van der Waals surface area contributed by atoms with Crippen LogP contribution in [0, 0.1) is 0 Å². The largest absolute Gasteiger partial charge is 0.452 e. The molecular formula is C23H11Cl2F3N2O5. The van der Waals surface area contributed by atoms with Crippen LogP contribution in [-0.2, 0) is 15.7 Å². The van der Waals surface area contributed by atoms with Crippen LogP contribution in [0.1, 0.15) is 47.8 Å². The molecular weight excluding hydrogens is 512 g/mol. The van der Waals surface area contributed by atoms with Gasteiger partial charge in [-0.15, -0.1) is 0 Å². The first-order valence-corrected chi connectivity index (χ1v) is 10.4. The third-order valence-corrected chi connectivity index (χ3v) is 5.69. The molecule has 4 rings (SSSR count). The zero-order valence-electron chi connectivity index (χ0n) is 17.2. The van der Waals surface area contributed by atoms with Gasteiger partial charge in [-0.1, -0.05) is 47.5 Å². The first-order valence-electron chi connectivity index (χ1n) is 9.69. The summed E-state index contributed by atoms with van der Waals surface area (Å²) in [4.78, 5) is 53.7. The highest BCUT2D eigenvalue weighted by atomic mass is 35.5. The number of nitrogens with zero attached hydrogens (tertiary/aromatic N) is 1. The molecule has 1 aliphatic carbocycles. The Balaban J connectivity index is 1.48. The molecule has 3 aromatic rings. The average molecular weight is 523 g/mol. The van der Waals surface area contributed by atoms with Crippen LogP contribution in [0.3, 0.4) is 0 Å². The molecule has 1 aromatic heterocycles. The molecule has 1 heterocycles. The number of hydrogen-bond acceptors (Lipinski definition) is 6. The van der Waals surface area contributed by atoms with Crippen molar-refractivity contribution in [1.29, 1.82) is 0 Å². The van der Waals surface area contributed by atoms with E-state index in [0.29, 0.717) is 12.3 Å². The van der Waals surface area contributed by atoms with Gasteiger partial charge in [0.15, 0.2) is 24.0 Å². The number of fused-ring (bicyclic) bond motifs is 2. The van der Waals surface area contributed by atoms with Crippen molar-refractivity contribution < 1.29 is 37.1 Å². The van der Waals surface area contributed by atoms with Gasteiger partial charge in [-0.2, -0.15) is 13.2 Å².